The molecule has 0 saturated carbocycles. The third-order valence-corrected chi connectivity index (χ3v) is 2.67. The molecule has 3 rings (SSSR count). The van der Waals surface area contributed by atoms with Gasteiger partial charge in [0, 0.05) is 11.6 Å². The normalized spacial score (nSPS) is 11.3. The molecule has 4 nitrogen and oxygen atoms in total. The first kappa shape index (κ1) is 8.79. The maximum absolute atomic E-state index is 5.58. The van der Waals surface area contributed by atoms with E-state index < -0.39 is 0 Å². The van der Waals surface area contributed by atoms with Gasteiger partial charge in [0.05, 0.1) is 5.33 Å². The molecule has 0 saturated heterocycles. The van der Waals surface area contributed by atoms with Crippen LogP contribution in [-0.4, -0.2) is 15.0 Å². The lowest BCUT2D eigenvalue weighted by molar-refractivity contribution is 0.559. The number of alkyl halides is 1. The molecule has 0 unspecified atom stereocenters. The summed E-state index contributed by atoms with van der Waals surface area (Å²) in [5, 5.41) is 1.57. The zero-order chi connectivity index (χ0) is 10.3. The van der Waals surface area contributed by atoms with Gasteiger partial charge in [-0.25, -0.2) is 15.0 Å². The molecule has 0 atom stereocenters. The van der Waals surface area contributed by atoms with E-state index in [0.717, 1.165) is 22.0 Å². The smallest absolute Gasteiger partial charge is 0.206 e. The summed E-state index contributed by atoms with van der Waals surface area (Å²) < 4.78 is 5.58. The molecule has 15 heavy (non-hydrogen) atoms. The van der Waals surface area contributed by atoms with Gasteiger partial charge in [0.25, 0.3) is 0 Å². The largest absolute Gasteiger partial charge is 0.437 e. The predicted molar refractivity (Wildman–Crippen MR) is 59.7 cm³/mol. The highest BCUT2D eigenvalue weighted by Crippen LogP contribution is 2.24. The van der Waals surface area contributed by atoms with Gasteiger partial charge in [-0.15, -0.1) is 0 Å². The monoisotopic (exact) mass is 263 g/mol. The molecule has 74 valence electrons. The van der Waals surface area contributed by atoms with Gasteiger partial charge in [0.15, 0.2) is 5.58 Å². The van der Waals surface area contributed by atoms with Crippen LogP contribution in [0.3, 0.4) is 0 Å². The van der Waals surface area contributed by atoms with Crippen LogP contribution in [0.5, 0.6) is 0 Å². The molecule has 0 spiro atoms. The van der Waals surface area contributed by atoms with Crippen molar-refractivity contribution in [1.82, 2.24) is 15.0 Å². The van der Waals surface area contributed by atoms with Crippen LogP contribution >= 0.6 is 15.9 Å². The molecule has 0 N–H and O–H groups in total. The van der Waals surface area contributed by atoms with Gasteiger partial charge in [-0.3, -0.25) is 0 Å². The number of oxazole rings is 1. The number of fused-ring (bicyclic) bond motifs is 3. The molecule has 0 aliphatic rings. The molecule has 3 aromatic rings. The summed E-state index contributed by atoms with van der Waals surface area (Å²) in [5.41, 5.74) is 2.36. The van der Waals surface area contributed by atoms with Gasteiger partial charge in [-0.2, -0.15) is 0 Å². The highest BCUT2D eigenvalue weighted by Gasteiger charge is 2.08. The average Bonchev–Trinajstić information content (AvgIpc) is 2.72. The molecule has 5 heteroatoms. The van der Waals surface area contributed by atoms with Crippen LogP contribution in [0.1, 0.15) is 5.89 Å². The minimum absolute atomic E-state index is 0.605. The maximum Gasteiger partial charge on any atom is 0.206 e. The molecule has 0 aliphatic heterocycles. The molecule has 0 bridgehead atoms. The number of nitrogens with zero attached hydrogens (tertiary/aromatic N) is 3. The van der Waals surface area contributed by atoms with E-state index in [1.54, 1.807) is 6.20 Å². The zero-order valence-corrected chi connectivity index (χ0v) is 9.23. The Kier molecular flexibility index (Phi) is 1.92. The molecule has 0 radical (unpaired) electrons. The van der Waals surface area contributed by atoms with Crippen molar-refractivity contribution < 1.29 is 4.42 Å². The fraction of sp³-hybridized carbons (Fsp3) is 0.100. The number of benzene rings is 1. The van der Waals surface area contributed by atoms with Crippen LogP contribution in [-0.2, 0) is 5.33 Å². The second-order valence-corrected chi connectivity index (χ2v) is 3.68. The van der Waals surface area contributed by atoms with E-state index in [1.165, 1.54) is 6.33 Å². The highest BCUT2D eigenvalue weighted by molar-refractivity contribution is 9.08. The number of halogens is 1. The van der Waals surface area contributed by atoms with E-state index in [4.69, 9.17) is 4.42 Å². The van der Waals surface area contributed by atoms with Crippen molar-refractivity contribution in [3.63, 3.8) is 0 Å². The van der Waals surface area contributed by atoms with Gasteiger partial charge in [0.1, 0.15) is 17.4 Å². The molecule has 1 aromatic carbocycles. The summed E-state index contributed by atoms with van der Waals surface area (Å²) in [4.78, 5) is 12.5. The topological polar surface area (TPSA) is 51.8 Å². The Morgan fingerprint density at radius 1 is 1.33 bits per heavy atom. The summed E-state index contributed by atoms with van der Waals surface area (Å²) in [6.45, 7) is 0. The SMILES string of the molecule is BrCc1nc2ccc3cncnc3c2o1. The molecule has 0 fully saturated rings. The first-order valence-electron chi connectivity index (χ1n) is 4.42. The van der Waals surface area contributed by atoms with E-state index >= 15 is 0 Å². The lowest BCUT2D eigenvalue weighted by atomic mass is 10.2. The minimum Gasteiger partial charge on any atom is -0.437 e. The van der Waals surface area contributed by atoms with Crippen molar-refractivity contribution in [1.29, 1.82) is 0 Å². The van der Waals surface area contributed by atoms with Crippen LogP contribution in [0.25, 0.3) is 22.0 Å². The van der Waals surface area contributed by atoms with Crippen LogP contribution < -0.4 is 0 Å². The van der Waals surface area contributed by atoms with Crippen LogP contribution in [0.4, 0.5) is 0 Å². The molecule has 0 amide bonds. The lowest BCUT2D eigenvalue weighted by Crippen LogP contribution is -1.80. The van der Waals surface area contributed by atoms with Crippen molar-refractivity contribution >= 4 is 37.9 Å². The minimum atomic E-state index is 0.605. The Hall–Kier alpha value is -1.49. The molecule has 0 aliphatic carbocycles. The van der Waals surface area contributed by atoms with Gasteiger partial charge >= 0.3 is 0 Å². The van der Waals surface area contributed by atoms with Crippen LogP contribution in [0.15, 0.2) is 29.1 Å². The molecular formula is C10H6BrN3O. The van der Waals surface area contributed by atoms with Crippen molar-refractivity contribution in [3.05, 3.63) is 30.5 Å². The average molecular weight is 264 g/mol. The molecule has 2 heterocycles. The molecule has 2 aromatic heterocycles. The number of hydrogen-bond acceptors (Lipinski definition) is 4. The van der Waals surface area contributed by atoms with E-state index in [9.17, 15) is 0 Å². The summed E-state index contributed by atoms with van der Waals surface area (Å²) in [6.07, 6.45) is 3.27. The zero-order valence-electron chi connectivity index (χ0n) is 7.64. The van der Waals surface area contributed by atoms with Crippen LogP contribution in [0, 0.1) is 0 Å². The highest BCUT2D eigenvalue weighted by atomic mass is 79.9. The Morgan fingerprint density at radius 2 is 2.27 bits per heavy atom. The van der Waals surface area contributed by atoms with E-state index in [-0.39, 0.29) is 0 Å². The van der Waals surface area contributed by atoms with Crippen molar-refractivity contribution in [3.8, 4) is 0 Å². The number of rotatable bonds is 1. The Balaban J connectivity index is 2.47. The summed E-state index contributed by atoms with van der Waals surface area (Å²) in [7, 11) is 0. The third-order valence-electron chi connectivity index (χ3n) is 2.19. The van der Waals surface area contributed by atoms with Crippen molar-refractivity contribution in [2.45, 2.75) is 5.33 Å². The van der Waals surface area contributed by atoms with Gasteiger partial charge in [0.2, 0.25) is 5.89 Å². The quantitative estimate of drug-likeness (QED) is 0.634. The van der Waals surface area contributed by atoms with E-state index in [0.29, 0.717) is 11.2 Å². The van der Waals surface area contributed by atoms with E-state index in [1.807, 2.05) is 12.1 Å². The predicted octanol–water partition coefficient (Wildman–Crippen LogP) is 2.67. The Bertz CT molecular complexity index is 635. The van der Waals surface area contributed by atoms with Gasteiger partial charge in [-0.1, -0.05) is 15.9 Å². The summed E-state index contributed by atoms with van der Waals surface area (Å²) in [6, 6.07) is 3.86. The summed E-state index contributed by atoms with van der Waals surface area (Å²) >= 11 is 3.31. The van der Waals surface area contributed by atoms with Crippen LogP contribution in [0.2, 0.25) is 0 Å². The first-order chi connectivity index (χ1) is 7.38. The Labute approximate surface area is 93.5 Å². The van der Waals surface area contributed by atoms with Crippen molar-refractivity contribution in [2.24, 2.45) is 0 Å². The second-order valence-electron chi connectivity index (χ2n) is 3.12. The van der Waals surface area contributed by atoms with E-state index in [2.05, 4.69) is 30.9 Å². The fourth-order valence-electron chi connectivity index (χ4n) is 1.54. The second kappa shape index (κ2) is 3.27. The standard InChI is InChI=1S/C10H6BrN3O/c11-3-8-14-7-2-1-6-4-12-5-13-9(6)10(7)15-8/h1-2,4-5H,3H2. The number of aromatic nitrogens is 3. The number of hydrogen-bond donors (Lipinski definition) is 0. The van der Waals surface area contributed by atoms with Gasteiger partial charge in [-0.05, 0) is 12.1 Å². The van der Waals surface area contributed by atoms with Gasteiger partial charge < -0.3 is 4.42 Å². The third kappa shape index (κ3) is 1.31. The molecular weight excluding hydrogens is 258 g/mol. The maximum atomic E-state index is 5.58. The summed E-state index contributed by atoms with van der Waals surface area (Å²) in [5.74, 6) is 0.663. The first-order valence-corrected chi connectivity index (χ1v) is 5.55. The Morgan fingerprint density at radius 3 is 3.13 bits per heavy atom. The fourth-order valence-corrected chi connectivity index (χ4v) is 1.78. The lowest BCUT2D eigenvalue weighted by Gasteiger charge is -1.94. The van der Waals surface area contributed by atoms with Crippen molar-refractivity contribution in [2.75, 3.05) is 0 Å².